The molecule has 31 heavy (non-hydrogen) atoms. The number of ether oxygens (including phenoxy) is 2. The Labute approximate surface area is 185 Å². The minimum atomic E-state index is -0.262. The fourth-order valence-corrected chi connectivity index (χ4v) is 3.89. The van der Waals surface area contributed by atoms with Crippen LogP contribution in [-0.4, -0.2) is 24.1 Å². The number of rotatable bonds is 8. The molecule has 1 heterocycles. The molecule has 6 heteroatoms. The number of para-hydroxylation sites is 2. The van der Waals surface area contributed by atoms with E-state index in [1.165, 1.54) is 11.3 Å². The highest BCUT2D eigenvalue weighted by molar-refractivity contribution is 7.14. The van der Waals surface area contributed by atoms with Crippen LogP contribution in [0.15, 0.2) is 84.2 Å². The number of aromatic nitrogens is 1. The normalized spacial score (nSPS) is 10.5. The Morgan fingerprint density at radius 1 is 0.871 bits per heavy atom. The molecule has 4 aromatic rings. The highest BCUT2D eigenvalue weighted by atomic mass is 32.1. The molecule has 1 amide bonds. The summed E-state index contributed by atoms with van der Waals surface area (Å²) in [5, 5.41) is 5.24. The molecule has 0 bridgehead atoms. The van der Waals surface area contributed by atoms with Crippen molar-refractivity contribution >= 4 is 22.4 Å². The van der Waals surface area contributed by atoms with E-state index in [0.717, 1.165) is 28.1 Å². The molecule has 3 aromatic carbocycles. The van der Waals surface area contributed by atoms with Gasteiger partial charge in [0.25, 0.3) is 5.91 Å². The number of nitrogens with one attached hydrogen (secondary N) is 1. The van der Waals surface area contributed by atoms with Gasteiger partial charge < -0.3 is 9.47 Å². The molecule has 0 atom stereocenters. The van der Waals surface area contributed by atoms with Gasteiger partial charge in [0.15, 0.2) is 11.7 Å². The van der Waals surface area contributed by atoms with E-state index in [-0.39, 0.29) is 12.5 Å². The maximum absolute atomic E-state index is 12.5. The predicted octanol–water partition coefficient (Wildman–Crippen LogP) is 5.89. The zero-order valence-electron chi connectivity index (χ0n) is 17.1. The van der Waals surface area contributed by atoms with Gasteiger partial charge in [0.2, 0.25) is 0 Å². The molecule has 0 aliphatic carbocycles. The van der Waals surface area contributed by atoms with Crippen molar-refractivity contribution in [3.63, 3.8) is 0 Å². The Hall–Kier alpha value is -3.64. The van der Waals surface area contributed by atoms with Gasteiger partial charge in [0.1, 0.15) is 11.5 Å². The molecule has 1 aromatic heterocycles. The van der Waals surface area contributed by atoms with Gasteiger partial charge in [-0.15, -0.1) is 11.3 Å². The number of hydrogen-bond donors (Lipinski definition) is 1. The smallest absolute Gasteiger partial charge is 0.264 e. The third-order valence-electron chi connectivity index (χ3n) is 4.54. The van der Waals surface area contributed by atoms with E-state index in [9.17, 15) is 4.79 Å². The fraction of sp³-hybridized carbons (Fsp3) is 0.120. The number of nitrogens with zero attached hydrogens (tertiary/aromatic N) is 1. The van der Waals surface area contributed by atoms with Crippen LogP contribution in [0.5, 0.6) is 11.5 Å². The third kappa shape index (κ3) is 5.10. The second-order valence-electron chi connectivity index (χ2n) is 6.67. The van der Waals surface area contributed by atoms with Gasteiger partial charge >= 0.3 is 0 Å². The summed E-state index contributed by atoms with van der Waals surface area (Å²) in [7, 11) is 0. The van der Waals surface area contributed by atoms with E-state index in [1.807, 2.05) is 91.2 Å². The van der Waals surface area contributed by atoms with Gasteiger partial charge in [-0.3, -0.25) is 10.1 Å². The summed E-state index contributed by atoms with van der Waals surface area (Å²) in [5.41, 5.74) is 3.64. The minimum absolute atomic E-state index is 0.103. The second kappa shape index (κ2) is 9.91. The topological polar surface area (TPSA) is 60.5 Å². The van der Waals surface area contributed by atoms with Crippen LogP contribution in [0.1, 0.15) is 6.92 Å². The van der Waals surface area contributed by atoms with E-state index >= 15 is 0 Å². The number of amides is 1. The van der Waals surface area contributed by atoms with Crippen molar-refractivity contribution in [2.45, 2.75) is 6.92 Å². The van der Waals surface area contributed by atoms with Crippen LogP contribution in [0.4, 0.5) is 5.13 Å². The molecule has 0 aliphatic rings. The number of benzene rings is 3. The lowest BCUT2D eigenvalue weighted by Crippen LogP contribution is -2.20. The standard InChI is InChI=1S/C25H22N2O3S/c1-2-29-23-15-9-7-13-20(23)21-17-31-25(26-21)27-24(28)16-30-22-14-8-6-12-19(22)18-10-4-3-5-11-18/h3-15,17H,2,16H2,1H3,(H,26,27,28). The van der Waals surface area contributed by atoms with Gasteiger partial charge in [-0.2, -0.15) is 0 Å². The SMILES string of the molecule is CCOc1ccccc1-c1csc(NC(=O)COc2ccccc2-c2ccccc2)n1. The van der Waals surface area contributed by atoms with Crippen molar-refractivity contribution in [3.05, 3.63) is 84.2 Å². The van der Waals surface area contributed by atoms with Crippen molar-refractivity contribution in [2.24, 2.45) is 0 Å². The van der Waals surface area contributed by atoms with Crippen molar-refractivity contribution in [2.75, 3.05) is 18.5 Å². The number of hydrogen-bond acceptors (Lipinski definition) is 5. The monoisotopic (exact) mass is 430 g/mol. The first-order valence-electron chi connectivity index (χ1n) is 9.99. The van der Waals surface area contributed by atoms with Crippen molar-refractivity contribution in [1.82, 2.24) is 4.98 Å². The maximum atomic E-state index is 12.5. The van der Waals surface area contributed by atoms with Crippen LogP contribution in [0.3, 0.4) is 0 Å². The molecular formula is C25H22N2O3S. The molecule has 0 saturated carbocycles. The van der Waals surface area contributed by atoms with E-state index in [4.69, 9.17) is 9.47 Å². The molecule has 0 unspecified atom stereocenters. The first kappa shape index (κ1) is 20.6. The maximum Gasteiger partial charge on any atom is 0.264 e. The van der Waals surface area contributed by atoms with E-state index < -0.39 is 0 Å². The number of carbonyl (C=O) groups is 1. The van der Waals surface area contributed by atoms with Crippen molar-refractivity contribution < 1.29 is 14.3 Å². The fourth-order valence-electron chi connectivity index (χ4n) is 3.16. The molecule has 0 radical (unpaired) electrons. The van der Waals surface area contributed by atoms with Crippen molar-refractivity contribution in [3.8, 4) is 33.9 Å². The van der Waals surface area contributed by atoms with Crippen LogP contribution in [0.2, 0.25) is 0 Å². The zero-order valence-corrected chi connectivity index (χ0v) is 17.9. The molecule has 156 valence electrons. The first-order chi connectivity index (χ1) is 15.2. The van der Waals surface area contributed by atoms with Gasteiger partial charge in [-0.1, -0.05) is 60.7 Å². The van der Waals surface area contributed by atoms with E-state index in [2.05, 4.69) is 10.3 Å². The second-order valence-corrected chi connectivity index (χ2v) is 7.52. The lowest BCUT2D eigenvalue weighted by Gasteiger charge is -2.11. The molecule has 0 fully saturated rings. The minimum Gasteiger partial charge on any atom is -0.493 e. The molecule has 0 aliphatic heterocycles. The Morgan fingerprint density at radius 3 is 2.26 bits per heavy atom. The third-order valence-corrected chi connectivity index (χ3v) is 5.30. The lowest BCUT2D eigenvalue weighted by molar-refractivity contribution is -0.118. The molecule has 1 N–H and O–H groups in total. The molecule has 0 saturated heterocycles. The predicted molar refractivity (Wildman–Crippen MR) is 125 cm³/mol. The zero-order chi connectivity index (χ0) is 21.5. The Balaban J connectivity index is 1.41. The van der Waals surface area contributed by atoms with Crippen LogP contribution < -0.4 is 14.8 Å². The Bertz CT molecular complexity index is 1160. The number of thiazole rings is 1. The summed E-state index contributed by atoms with van der Waals surface area (Å²) in [6, 6.07) is 25.4. The van der Waals surface area contributed by atoms with Crippen LogP contribution >= 0.6 is 11.3 Å². The summed E-state index contributed by atoms with van der Waals surface area (Å²) in [6.45, 7) is 2.42. The molecule has 5 nitrogen and oxygen atoms in total. The van der Waals surface area contributed by atoms with Gasteiger partial charge in [0.05, 0.1) is 12.3 Å². The molecular weight excluding hydrogens is 408 g/mol. The highest BCUT2D eigenvalue weighted by Gasteiger charge is 2.13. The van der Waals surface area contributed by atoms with E-state index in [0.29, 0.717) is 17.5 Å². The summed E-state index contributed by atoms with van der Waals surface area (Å²) >= 11 is 1.37. The average molecular weight is 431 g/mol. The van der Waals surface area contributed by atoms with E-state index in [1.54, 1.807) is 0 Å². The number of anilines is 1. The Morgan fingerprint density at radius 2 is 1.52 bits per heavy atom. The summed E-state index contributed by atoms with van der Waals surface area (Å²) < 4.78 is 11.5. The largest absolute Gasteiger partial charge is 0.493 e. The lowest BCUT2D eigenvalue weighted by atomic mass is 10.1. The van der Waals surface area contributed by atoms with Gasteiger partial charge in [-0.05, 0) is 30.7 Å². The van der Waals surface area contributed by atoms with Crippen molar-refractivity contribution in [1.29, 1.82) is 0 Å². The van der Waals surface area contributed by atoms with Gasteiger partial charge in [-0.25, -0.2) is 4.98 Å². The van der Waals surface area contributed by atoms with Gasteiger partial charge in [0, 0.05) is 16.5 Å². The highest BCUT2D eigenvalue weighted by Crippen LogP contribution is 2.32. The molecule has 0 spiro atoms. The summed E-state index contributed by atoms with van der Waals surface area (Å²) in [6.07, 6.45) is 0. The number of carbonyl (C=O) groups excluding carboxylic acids is 1. The Kier molecular flexibility index (Phi) is 6.59. The summed E-state index contributed by atoms with van der Waals surface area (Å²) in [4.78, 5) is 17.0. The average Bonchev–Trinajstić information content (AvgIpc) is 3.27. The van der Waals surface area contributed by atoms with Crippen LogP contribution in [0, 0.1) is 0 Å². The summed E-state index contributed by atoms with van der Waals surface area (Å²) in [5.74, 6) is 1.17. The first-order valence-corrected chi connectivity index (χ1v) is 10.9. The van der Waals surface area contributed by atoms with Crippen LogP contribution in [0.25, 0.3) is 22.4 Å². The molecule has 4 rings (SSSR count). The quantitative estimate of drug-likeness (QED) is 0.378. The van der Waals surface area contributed by atoms with Crippen LogP contribution in [-0.2, 0) is 4.79 Å².